The number of aryl methyl sites for hydroxylation is 1. The van der Waals surface area contributed by atoms with Gasteiger partial charge in [-0.25, -0.2) is 4.79 Å². The molecule has 3 rings (SSSR count). The van der Waals surface area contributed by atoms with E-state index in [9.17, 15) is 9.59 Å². The van der Waals surface area contributed by atoms with Crippen molar-refractivity contribution in [3.05, 3.63) is 83.1 Å². The van der Waals surface area contributed by atoms with Crippen LogP contribution in [-0.2, 0) is 11.3 Å². The van der Waals surface area contributed by atoms with E-state index in [0.29, 0.717) is 31.6 Å². The third kappa shape index (κ3) is 5.50. The summed E-state index contributed by atoms with van der Waals surface area (Å²) in [5.74, 6) is -0.0195. The lowest BCUT2D eigenvalue weighted by atomic mass is 10.0. The van der Waals surface area contributed by atoms with Gasteiger partial charge in [-0.05, 0) is 51.0 Å². The lowest BCUT2D eigenvalue weighted by molar-refractivity contribution is 0.0260. The van der Waals surface area contributed by atoms with Gasteiger partial charge in [0.05, 0.1) is 6.54 Å². The predicted molar refractivity (Wildman–Crippen MR) is 118 cm³/mol. The molecule has 0 saturated carbocycles. The normalized spacial score (nSPS) is 14.1. The van der Waals surface area contributed by atoms with Crippen LogP contribution in [0, 0.1) is 6.92 Å². The number of rotatable bonds is 4. The molecule has 1 heterocycles. The number of ether oxygens (including phenoxy) is 1. The Morgan fingerprint density at radius 3 is 2.30 bits per heavy atom. The molecule has 0 aliphatic carbocycles. The summed E-state index contributed by atoms with van der Waals surface area (Å²) in [6.07, 6.45) is 2.24. The maximum atomic E-state index is 13.5. The standard InChI is InChI=1S/C25H30N2O3/c1-19-10-8-9-13-22(19)23(28)27(18-20-11-6-5-7-12-20)21-14-16-26(17-15-21)24(29)30-25(2,3)4/h5-14H,15-18H2,1-4H3. The molecule has 2 amide bonds. The van der Waals surface area contributed by atoms with Gasteiger partial charge in [0.1, 0.15) is 5.60 Å². The van der Waals surface area contributed by atoms with Crippen LogP contribution in [0.3, 0.4) is 0 Å². The molecule has 5 nitrogen and oxygen atoms in total. The van der Waals surface area contributed by atoms with E-state index in [-0.39, 0.29) is 12.0 Å². The summed E-state index contributed by atoms with van der Waals surface area (Å²) >= 11 is 0. The summed E-state index contributed by atoms with van der Waals surface area (Å²) < 4.78 is 5.48. The van der Waals surface area contributed by atoms with Crippen molar-refractivity contribution in [3.8, 4) is 0 Å². The first kappa shape index (κ1) is 21.6. The van der Waals surface area contributed by atoms with Crippen LogP contribution >= 0.6 is 0 Å². The summed E-state index contributed by atoms with van der Waals surface area (Å²) in [5.41, 5.74) is 3.12. The molecular weight excluding hydrogens is 376 g/mol. The summed E-state index contributed by atoms with van der Waals surface area (Å²) in [5, 5.41) is 0. The van der Waals surface area contributed by atoms with Gasteiger partial charge in [-0.2, -0.15) is 0 Å². The minimum absolute atomic E-state index is 0.0195. The van der Waals surface area contributed by atoms with Crippen LogP contribution in [0.2, 0.25) is 0 Å². The van der Waals surface area contributed by atoms with Crippen molar-refractivity contribution in [2.75, 3.05) is 13.1 Å². The molecule has 0 atom stereocenters. The zero-order chi connectivity index (χ0) is 21.7. The second-order valence-corrected chi connectivity index (χ2v) is 8.56. The van der Waals surface area contributed by atoms with Crippen molar-refractivity contribution in [1.29, 1.82) is 0 Å². The van der Waals surface area contributed by atoms with Crippen molar-refractivity contribution in [2.45, 2.75) is 46.3 Å². The van der Waals surface area contributed by atoms with Gasteiger partial charge >= 0.3 is 6.09 Å². The molecular formula is C25H30N2O3. The zero-order valence-corrected chi connectivity index (χ0v) is 18.2. The molecule has 30 heavy (non-hydrogen) atoms. The maximum absolute atomic E-state index is 13.5. The summed E-state index contributed by atoms with van der Waals surface area (Å²) in [6, 6.07) is 17.6. The SMILES string of the molecule is Cc1ccccc1C(=O)N(Cc1ccccc1)C1=CCN(C(=O)OC(C)(C)C)CC1. The highest BCUT2D eigenvalue weighted by atomic mass is 16.6. The topological polar surface area (TPSA) is 49.9 Å². The molecule has 0 bridgehead atoms. The van der Waals surface area contributed by atoms with Crippen LogP contribution in [0.1, 0.15) is 48.7 Å². The first-order valence-corrected chi connectivity index (χ1v) is 10.3. The highest BCUT2D eigenvalue weighted by Crippen LogP contribution is 2.23. The molecule has 2 aromatic rings. The third-order valence-corrected chi connectivity index (χ3v) is 4.99. The molecule has 0 radical (unpaired) electrons. The van der Waals surface area contributed by atoms with Crippen LogP contribution in [0.25, 0.3) is 0 Å². The van der Waals surface area contributed by atoms with Gasteiger partial charge in [0, 0.05) is 30.8 Å². The fourth-order valence-electron chi connectivity index (χ4n) is 3.42. The molecule has 1 aliphatic rings. The molecule has 5 heteroatoms. The number of carbonyl (C=O) groups excluding carboxylic acids is 2. The molecule has 158 valence electrons. The van der Waals surface area contributed by atoms with Crippen molar-refractivity contribution in [2.24, 2.45) is 0 Å². The van der Waals surface area contributed by atoms with E-state index in [0.717, 1.165) is 16.8 Å². The fraction of sp³-hybridized carbons (Fsp3) is 0.360. The molecule has 0 aromatic heterocycles. The third-order valence-electron chi connectivity index (χ3n) is 4.99. The predicted octanol–water partition coefficient (Wildman–Crippen LogP) is 5.16. The first-order chi connectivity index (χ1) is 14.2. The minimum Gasteiger partial charge on any atom is -0.444 e. The van der Waals surface area contributed by atoms with Crippen molar-refractivity contribution >= 4 is 12.0 Å². The van der Waals surface area contributed by atoms with E-state index in [1.54, 1.807) is 4.90 Å². The molecule has 0 unspecified atom stereocenters. The van der Waals surface area contributed by atoms with Gasteiger partial charge in [-0.15, -0.1) is 0 Å². The molecule has 0 saturated heterocycles. The second-order valence-electron chi connectivity index (χ2n) is 8.56. The van der Waals surface area contributed by atoms with Crippen LogP contribution in [-0.4, -0.2) is 40.5 Å². The lowest BCUT2D eigenvalue weighted by Crippen LogP contribution is -2.41. The van der Waals surface area contributed by atoms with Crippen LogP contribution in [0.4, 0.5) is 4.79 Å². The minimum atomic E-state index is -0.527. The largest absolute Gasteiger partial charge is 0.444 e. The van der Waals surface area contributed by atoms with Gasteiger partial charge in [0.2, 0.25) is 0 Å². The summed E-state index contributed by atoms with van der Waals surface area (Å²) in [7, 11) is 0. The van der Waals surface area contributed by atoms with Gasteiger partial charge in [-0.3, -0.25) is 4.79 Å². The average Bonchev–Trinajstić information content (AvgIpc) is 2.71. The Bertz CT molecular complexity index is 929. The Morgan fingerprint density at radius 1 is 1.03 bits per heavy atom. The monoisotopic (exact) mass is 406 g/mol. The average molecular weight is 407 g/mol. The number of hydrogen-bond acceptors (Lipinski definition) is 3. The fourth-order valence-corrected chi connectivity index (χ4v) is 3.42. The maximum Gasteiger partial charge on any atom is 0.410 e. The van der Waals surface area contributed by atoms with Gasteiger partial charge in [0.25, 0.3) is 5.91 Å². The van der Waals surface area contributed by atoms with E-state index in [1.165, 1.54) is 0 Å². The lowest BCUT2D eigenvalue weighted by Gasteiger charge is -2.33. The molecule has 1 aliphatic heterocycles. The quantitative estimate of drug-likeness (QED) is 0.704. The van der Waals surface area contributed by atoms with E-state index in [1.807, 2.05) is 93.3 Å². The smallest absolute Gasteiger partial charge is 0.410 e. The van der Waals surface area contributed by atoms with Gasteiger partial charge in [0.15, 0.2) is 0 Å². The van der Waals surface area contributed by atoms with Crippen LogP contribution < -0.4 is 0 Å². The van der Waals surface area contributed by atoms with E-state index in [4.69, 9.17) is 4.74 Å². The van der Waals surface area contributed by atoms with Gasteiger partial charge in [-0.1, -0.05) is 48.5 Å². The number of carbonyl (C=O) groups is 2. The number of amides is 2. The van der Waals surface area contributed by atoms with E-state index in [2.05, 4.69) is 0 Å². The van der Waals surface area contributed by atoms with E-state index >= 15 is 0 Å². The van der Waals surface area contributed by atoms with Crippen molar-refractivity contribution in [3.63, 3.8) is 0 Å². The summed E-state index contributed by atoms with van der Waals surface area (Å²) in [4.78, 5) is 29.3. The highest BCUT2D eigenvalue weighted by molar-refractivity contribution is 5.96. The zero-order valence-electron chi connectivity index (χ0n) is 18.2. The highest BCUT2D eigenvalue weighted by Gasteiger charge is 2.27. The van der Waals surface area contributed by atoms with Crippen molar-refractivity contribution in [1.82, 2.24) is 9.80 Å². The Labute approximate surface area is 178 Å². The number of benzene rings is 2. The van der Waals surface area contributed by atoms with E-state index < -0.39 is 5.60 Å². The molecule has 0 fully saturated rings. The van der Waals surface area contributed by atoms with Crippen molar-refractivity contribution < 1.29 is 14.3 Å². The van der Waals surface area contributed by atoms with Crippen LogP contribution in [0.15, 0.2) is 66.4 Å². The Morgan fingerprint density at radius 2 is 1.70 bits per heavy atom. The second kappa shape index (κ2) is 9.16. The Kier molecular flexibility index (Phi) is 6.60. The summed E-state index contributed by atoms with van der Waals surface area (Å²) in [6.45, 7) is 8.97. The molecule has 2 aromatic carbocycles. The van der Waals surface area contributed by atoms with Crippen LogP contribution in [0.5, 0.6) is 0 Å². The Balaban J connectivity index is 1.83. The van der Waals surface area contributed by atoms with Gasteiger partial charge < -0.3 is 14.5 Å². The molecule has 0 N–H and O–H groups in total. The molecule has 0 spiro atoms. The number of hydrogen-bond donors (Lipinski definition) is 0. The number of nitrogens with zero attached hydrogens (tertiary/aromatic N) is 2. The Hall–Kier alpha value is -3.08. The first-order valence-electron chi connectivity index (χ1n) is 10.3.